The van der Waals surface area contributed by atoms with Crippen LogP contribution in [0.2, 0.25) is 0 Å². The standard InChI is InChI=1S/C19H19FN4O/c1-4-24-13(3)21-17-11-15(8-9-18(17)24)19(25)23-22-12(2)14-6-5-7-16(20)10-14/h5-11H,4H2,1-3H3,(H,23,25)/b22-12+. The zero-order valence-electron chi connectivity index (χ0n) is 14.4. The van der Waals surface area contributed by atoms with Crippen molar-refractivity contribution in [3.05, 3.63) is 65.2 Å². The zero-order chi connectivity index (χ0) is 18.0. The molecule has 0 aliphatic heterocycles. The highest BCUT2D eigenvalue weighted by Crippen LogP contribution is 2.17. The second-order valence-corrected chi connectivity index (χ2v) is 5.76. The number of rotatable bonds is 4. The predicted octanol–water partition coefficient (Wildman–Crippen LogP) is 3.66. The summed E-state index contributed by atoms with van der Waals surface area (Å²) in [5, 5.41) is 4.06. The minimum absolute atomic E-state index is 0.332. The van der Waals surface area contributed by atoms with E-state index in [4.69, 9.17) is 0 Å². The molecule has 128 valence electrons. The van der Waals surface area contributed by atoms with Crippen LogP contribution in [0.25, 0.3) is 11.0 Å². The first-order chi connectivity index (χ1) is 12.0. The quantitative estimate of drug-likeness (QED) is 0.583. The third-order valence-electron chi connectivity index (χ3n) is 4.09. The summed E-state index contributed by atoms with van der Waals surface area (Å²) in [7, 11) is 0. The number of carbonyl (C=O) groups excluding carboxylic acids is 1. The Balaban J connectivity index is 1.81. The van der Waals surface area contributed by atoms with Gasteiger partial charge >= 0.3 is 0 Å². The molecule has 0 saturated carbocycles. The first kappa shape index (κ1) is 16.8. The molecule has 1 amide bonds. The van der Waals surface area contributed by atoms with Crippen LogP contribution in [0.1, 0.15) is 35.6 Å². The van der Waals surface area contributed by atoms with Gasteiger partial charge < -0.3 is 4.57 Å². The second-order valence-electron chi connectivity index (χ2n) is 5.76. The van der Waals surface area contributed by atoms with E-state index in [2.05, 4.69) is 27.0 Å². The molecule has 0 aliphatic rings. The number of hydrogen-bond donors (Lipinski definition) is 1. The van der Waals surface area contributed by atoms with E-state index in [-0.39, 0.29) is 11.7 Å². The number of halogens is 1. The average molecular weight is 338 g/mol. The molecule has 2 aromatic carbocycles. The van der Waals surface area contributed by atoms with Gasteiger partial charge in [0.1, 0.15) is 11.6 Å². The van der Waals surface area contributed by atoms with Crippen molar-refractivity contribution in [3.8, 4) is 0 Å². The molecule has 1 N–H and O–H groups in total. The normalized spacial score (nSPS) is 11.8. The van der Waals surface area contributed by atoms with Gasteiger partial charge in [-0.1, -0.05) is 12.1 Å². The van der Waals surface area contributed by atoms with Crippen molar-refractivity contribution >= 4 is 22.7 Å². The number of hydrazone groups is 1. The van der Waals surface area contributed by atoms with Gasteiger partial charge in [0.05, 0.1) is 16.7 Å². The maximum atomic E-state index is 13.3. The topological polar surface area (TPSA) is 59.3 Å². The molecule has 3 rings (SSSR count). The fourth-order valence-corrected chi connectivity index (χ4v) is 2.77. The van der Waals surface area contributed by atoms with E-state index in [1.165, 1.54) is 12.1 Å². The first-order valence-electron chi connectivity index (χ1n) is 8.07. The SMILES string of the molecule is CCn1c(C)nc2cc(C(=O)N/N=C(\C)c3cccc(F)c3)ccc21. The molecule has 0 bridgehead atoms. The van der Waals surface area contributed by atoms with Crippen LogP contribution in [0.15, 0.2) is 47.6 Å². The van der Waals surface area contributed by atoms with Gasteiger partial charge in [-0.15, -0.1) is 0 Å². The van der Waals surface area contributed by atoms with Gasteiger partial charge in [0, 0.05) is 17.7 Å². The lowest BCUT2D eigenvalue weighted by Gasteiger charge is -2.04. The molecule has 0 atom stereocenters. The van der Waals surface area contributed by atoms with Crippen LogP contribution in [0.4, 0.5) is 4.39 Å². The third kappa shape index (κ3) is 3.42. The summed E-state index contributed by atoms with van der Waals surface area (Å²) in [6.07, 6.45) is 0. The lowest BCUT2D eigenvalue weighted by molar-refractivity contribution is 0.0955. The van der Waals surface area contributed by atoms with E-state index >= 15 is 0 Å². The largest absolute Gasteiger partial charge is 0.329 e. The summed E-state index contributed by atoms with van der Waals surface area (Å²) >= 11 is 0. The summed E-state index contributed by atoms with van der Waals surface area (Å²) in [5.41, 5.74) is 5.90. The van der Waals surface area contributed by atoms with Gasteiger partial charge in [-0.25, -0.2) is 14.8 Å². The number of carbonyl (C=O) groups is 1. The number of benzene rings is 2. The minimum Gasteiger partial charge on any atom is -0.329 e. The first-order valence-corrected chi connectivity index (χ1v) is 8.07. The molecule has 25 heavy (non-hydrogen) atoms. The number of imidazole rings is 1. The molecule has 1 heterocycles. The molecule has 0 unspecified atom stereocenters. The highest BCUT2D eigenvalue weighted by molar-refractivity contribution is 6.01. The number of aromatic nitrogens is 2. The number of amides is 1. The molecule has 5 nitrogen and oxygen atoms in total. The van der Waals surface area contributed by atoms with Crippen molar-refractivity contribution in [2.75, 3.05) is 0 Å². The Bertz CT molecular complexity index is 975. The Hall–Kier alpha value is -3.02. The monoisotopic (exact) mass is 338 g/mol. The maximum absolute atomic E-state index is 13.3. The second kappa shape index (κ2) is 6.84. The Labute approximate surface area is 145 Å². The average Bonchev–Trinajstić information content (AvgIpc) is 2.93. The molecule has 0 aliphatic carbocycles. The zero-order valence-corrected chi connectivity index (χ0v) is 14.4. The Morgan fingerprint density at radius 2 is 2.04 bits per heavy atom. The molecule has 1 aromatic heterocycles. The summed E-state index contributed by atoms with van der Waals surface area (Å²) in [6, 6.07) is 11.5. The summed E-state index contributed by atoms with van der Waals surface area (Å²) in [5.74, 6) is 0.238. The highest BCUT2D eigenvalue weighted by Gasteiger charge is 2.11. The van der Waals surface area contributed by atoms with Crippen LogP contribution in [-0.4, -0.2) is 21.2 Å². The molecule has 0 spiro atoms. The van der Waals surface area contributed by atoms with Crippen molar-refractivity contribution < 1.29 is 9.18 Å². The Kier molecular flexibility index (Phi) is 4.61. The summed E-state index contributed by atoms with van der Waals surface area (Å²) in [6.45, 7) is 6.53. The predicted molar refractivity (Wildman–Crippen MR) is 96.2 cm³/mol. The lowest BCUT2D eigenvalue weighted by Crippen LogP contribution is -2.19. The summed E-state index contributed by atoms with van der Waals surface area (Å²) in [4.78, 5) is 16.8. The van der Waals surface area contributed by atoms with Crippen molar-refractivity contribution in [1.29, 1.82) is 0 Å². The molecular weight excluding hydrogens is 319 g/mol. The van der Waals surface area contributed by atoms with Crippen LogP contribution in [-0.2, 0) is 6.54 Å². The van der Waals surface area contributed by atoms with E-state index in [9.17, 15) is 9.18 Å². The molecule has 0 radical (unpaired) electrons. The summed E-state index contributed by atoms with van der Waals surface area (Å²) < 4.78 is 15.3. The van der Waals surface area contributed by atoms with E-state index in [0.717, 1.165) is 23.4 Å². The fourth-order valence-electron chi connectivity index (χ4n) is 2.77. The van der Waals surface area contributed by atoms with Crippen molar-refractivity contribution in [1.82, 2.24) is 15.0 Å². The lowest BCUT2D eigenvalue weighted by atomic mass is 10.1. The molecule has 6 heteroatoms. The van der Waals surface area contributed by atoms with Gasteiger partial charge in [-0.05, 0) is 51.1 Å². The highest BCUT2D eigenvalue weighted by atomic mass is 19.1. The van der Waals surface area contributed by atoms with Crippen LogP contribution in [0.3, 0.4) is 0 Å². The molecular formula is C19H19FN4O. The smallest absolute Gasteiger partial charge is 0.271 e. The number of aryl methyl sites for hydroxylation is 2. The Morgan fingerprint density at radius 3 is 2.76 bits per heavy atom. The fraction of sp³-hybridized carbons (Fsp3) is 0.211. The van der Waals surface area contributed by atoms with Crippen molar-refractivity contribution in [2.45, 2.75) is 27.3 Å². The number of nitrogens with one attached hydrogen (secondary N) is 1. The van der Waals surface area contributed by atoms with E-state index < -0.39 is 0 Å². The van der Waals surface area contributed by atoms with Crippen molar-refractivity contribution in [2.24, 2.45) is 5.10 Å². The van der Waals surface area contributed by atoms with Gasteiger partial charge in [0.15, 0.2) is 0 Å². The van der Waals surface area contributed by atoms with Crippen molar-refractivity contribution in [3.63, 3.8) is 0 Å². The van der Waals surface area contributed by atoms with Gasteiger partial charge in [-0.2, -0.15) is 5.10 Å². The van der Waals surface area contributed by atoms with Gasteiger partial charge in [0.25, 0.3) is 5.91 Å². The van der Waals surface area contributed by atoms with Gasteiger partial charge in [-0.3, -0.25) is 4.79 Å². The number of hydrogen-bond acceptors (Lipinski definition) is 3. The van der Waals surface area contributed by atoms with Crippen LogP contribution in [0, 0.1) is 12.7 Å². The van der Waals surface area contributed by atoms with E-state index in [0.29, 0.717) is 16.8 Å². The minimum atomic E-state index is -0.342. The molecule has 0 saturated heterocycles. The van der Waals surface area contributed by atoms with Gasteiger partial charge in [0.2, 0.25) is 0 Å². The third-order valence-corrected chi connectivity index (χ3v) is 4.09. The van der Waals surface area contributed by atoms with Crippen LogP contribution in [0.5, 0.6) is 0 Å². The van der Waals surface area contributed by atoms with E-state index in [1.54, 1.807) is 31.2 Å². The number of nitrogens with zero attached hydrogens (tertiary/aromatic N) is 3. The molecule has 0 fully saturated rings. The van der Waals surface area contributed by atoms with E-state index in [1.807, 2.05) is 13.0 Å². The Morgan fingerprint density at radius 1 is 1.24 bits per heavy atom. The van der Waals surface area contributed by atoms with Crippen LogP contribution >= 0.6 is 0 Å². The molecule has 3 aromatic rings. The van der Waals surface area contributed by atoms with Crippen LogP contribution < -0.4 is 5.43 Å². The number of fused-ring (bicyclic) bond motifs is 1. The maximum Gasteiger partial charge on any atom is 0.271 e.